The van der Waals surface area contributed by atoms with Crippen LogP contribution in [0.2, 0.25) is 0 Å². The fraction of sp³-hybridized carbons (Fsp3) is 0.909. The summed E-state index contributed by atoms with van der Waals surface area (Å²) in [5.74, 6) is 0. The summed E-state index contributed by atoms with van der Waals surface area (Å²) in [7, 11) is 0. The summed E-state index contributed by atoms with van der Waals surface area (Å²) in [4.78, 5) is 15.6. The van der Waals surface area contributed by atoms with Crippen LogP contribution >= 0.6 is 0 Å². The maximum atomic E-state index is 11.4. The molecule has 92 valence electrons. The van der Waals surface area contributed by atoms with E-state index in [0.29, 0.717) is 13.1 Å². The Hall–Kier alpha value is -0.810. The van der Waals surface area contributed by atoms with Gasteiger partial charge in [0, 0.05) is 19.6 Å². The Morgan fingerprint density at radius 2 is 2.00 bits per heavy atom. The number of cyclic esters (lactones) is 1. The van der Waals surface area contributed by atoms with E-state index in [1.54, 1.807) is 4.90 Å². The largest absolute Gasteiger partial charge is 0.443 e. The Morgan fingerprint density at radius 1 is 1.25 bits per heavy atom. The van der Waals surface area contributed by atoms with E-state index in [1.807, 2.05) is 0 Å². The second-order valence-corrected chi connectivity index (χ2v) is 4.59. The molecule has 2 fully saturated rings. The number of carbonyl (C=O) groups excluding carboxylic acids is 1. The Kier molecular flexibility index (Phi) is 4.01. The molecule has 0 saturated carbocycles. The number of rotatable bonds is 4. The van der Waals surface area contributed by atoms with Gasteiger partial charge in [-0.15, -0.1) is 0 Å². The van der Waals surface area contributed by atoms with Crippen LogP contribution in [-0.2, 0) is 4.74 Å². The molecule has 0 aromatic rings. The number of ether oxygens (including phenoxy) is 1. The summed E-state index contributed by atoms with van der Waals surface area (Å²) in [5.41, 5.74) is 5.48. The maximum Gasteiger partial charge on any atom is 0.410 e. The molecule has 0 aromatic heterocycles. The van der Waals surface area contributed by atoms with Crippen LogP contribution in [0.15, 0.2) is 0 Å². The molecule has 0 bridgehead atoms. The van der Waals surface area contributed by atoms with Crippen LogP contribution in [0.4, 0.5) is 4.79 Å². The van der Waals surface area contributed by atoms with E-state index in [-0.39, 0.29) is 12.2 Å². The average molecular weight is 227 g/mol. The molecule has 0 aromatic carbocycles. The monoisotopic (exact) mass is 227 g/mol. The smallest absolute Gasteiger partial charge is 0.410 e. The highest BCUT2D eigenvalue weighted by Crippen LogP contribution is 2.12. The topological polar surface area (TPSA) is 58.8 Å². The van der Waals surface area contributed by atoms with Gasteiger partial charge in [0.2, 0.25) is 0 Å². The van der Waals surface area contributed by atoms with Gasteiger partial charge >= 0.3 is 6.09 Å². The van der Waals surface area contributed by atoms with E-state index in [4.69, 9.17) is 10.5 Å². The van der Waals surface area contributed by atoms with E-state index in [0.717, 1.165) is 13.1 Å². The van der Waals surface area contributed by atoms with E-state index >= 15 is 0 Å². The van der Waals surface area contributed by atoms with Crippen molar-refractivity contribution < 1.29 is 9.53 Å². The van der Waals surface area contributed by atoms with E-state index < -0.39 is 0 Å². The second-order valence-electron chi connectivity index (χ2n) is 4.59. The Bertz CT molecular complexity index is 241. The Balaban J connectivity index is 1.71. The molecule has 1 amide bonds. The maximum absolute atomic E-state index is 11.4. The van der Waals surface area contributed by atoms with Gasteiger partial charge in [-0.3, -0.25) is 0 Å². The molecular formula is C11H21N3O2. The number of hydrogen-bond acceptors (Lipinski definition) is 4. The van der Waals surface area contributed by atoms with Gasteiger partial charge in [-0.1, -0.05) is 6.42 Å². The molecule has 1 atom stereocenters. The van der Waals surface area contributed by atoms with Crippen molar-refractivity contribution in [3.8, 4) is 0 Å². The van der Waals surface area contributed by atoms with Crippen LogP contribution in [0.5, 0.6) is 0 Å². The summed E-state index contributed by atoms with van der Waals surface area (Å²) < 4.78 is 5.11. The summed E-state index contributed by atoms with van der Waals surface area (Å²) >= 11 is 0. The minimum absolute atomic E-state index is 0.103. The van der Waals surface area contributed by atoms with Crippen molar-refractivity contribution >= 4 is 6.09 Å². The SMILES string of the molecule is NC[C@H]1CN(CCN2CCCCC2)C(=O)O1. The summed E-state index contributed by atoms with van der Waals surface area (Å²) in [6.45, 7) is 5.16. The lowest BCUT2D eigenvalue weighted by atomic mass is 10.1. The summed E-state index contributed by atoms with van der Waals surface area (Å²) in [6.07, 6.45) is 3.62. The zero-order chi connectivity index (χ0) is 11.4. The lowest BCUT2D eigenvalue weighted by Gasteiger charge is -2.27. The normalized spacial score (nSPS) is 27.2. The highest BCUT2D eigenvalue weighted by molar-refractivity contribution is 5.69. The second kappa shape index (κ2) is 5.50. The van der Waals surface area contributed by atoms with Crippen molar-refractivity contribution in [3.63, 3.8) is 0 Å². The van der Waals surface area contributed by atoms with Crippen LogP contribution in [0.25, 0.3) is 0 Å². The number of piperidine rings is 1. The van der Waals surface area contributed by atoms with Crippen molar-refractivity contribution in [2.75, 3.05) is 39.3 Å². The third-order valence-electron chi connectivity index (χ3n) is 3.35. The number of likely N-dealkylation sites (tertiary alicyclic amines) is 1. The predicted octanol–water partition coefficient (Wildman–Crippen LogP) is 0.252. The highest BCUT2D eigenvalue weighted by Gasteiger charge is 2.30. The standard InChI is InChI=1S/C11H21N3O2/c12-8-10-9-14(11(15)16-10)7-6-13-4-2-1-3-5-13/h10H,1-9,12H2/t10-/m0/s1. The Labute approximate surface area is 96.5 Å². The summed E-state index contributed by atoms with van der Waals surface area (Å²) in [6, 6.07) is 0. The van der Waals surface area contributed by atoms with Gasteiger partial charge in [0.05, 0.1) is 6.54 Å². The number of hydrogen-bond donors (Lipinski definition) is 1. The minimum Gasteiger partial charge on any atom is -0.443 e. The quantitative estimate of drug-likeness (QED) is 0.748. The predicted molar refractivity (Wildman–Crippen MR) is 61.2 cm³/mol. The minimum atomic E-state index is -0.201. The molecule has 0 unspecified atom stereocenters. The van der Waals surface area contributed by atoms with Gasteiger partial charge in [-0.05, 0) is 25.9 Å². The average Bonchev–Trinajstić information content (AvgIpc) is 2.69. The van der Waals surface area contributed by atoms with Crippen molar-refractivity contribution in [2.45, 2.75) is 25.4 Å². The highest BCUT2D eigenvalue weighted by atomic mass is 16.6. The third kappa shape index (κ3) is 2.86. The fourth-order valence-electron chi connectivity index (χ4n) is 2.33. The molecular weight excluding hydrogens is 206 g/mol. The van der Waals surface area contributed by atoms with Crippen LogP contribution in [-0.4, -0.2) is 61.3 Å². The number of nitrogens with two attached hydrogens (primary N) is 1. The van der Waals surface area contributed by atoms with Crippen LogP contribution in [0.3, 0.4) is 0 Å². The molecule has 0 spiro atoms. The third-order valence-corrected chi connectivity index (χ3v) is 3.35. The first kappa shape index (κ1) is 11.7. The molecule has 5 heteroatoms. The zero-order valence-corrected chi connectivity index (χ0v) is 9.73. The van der Waals surface area contributed by atoms with E-state index in [9.17, 15) is 4.79 Å². The molecule has 0 aliphatic carbocycles. The van der Waals surface area contributed by atoms with Gasteiger partial charge in [0.25, 0.3) is 0 Å². The number of carbonyl (C=O) groups is 1. The van der Waals surface area contributed by atoms with Gasteiger partial charge in [0.1, 0.15) is 6.10 Å². The van der Waals surface area contributed by atoms with Gasteiger partial charge < -0.3 is 20.3 Å². The molecule has 2 saturated heterocycles. The van der Waals surface area contributed by atoms with Gasteiger partial charge in [-0.25, -0.2) is 4.79 Å². The van der Waals surface area contributed by atoms with Crippen molar-refractivity contribution in [1.82, 2.24) is 9.80 Å². The molecule has 5 nitrogen and oxygen atoms in total. The fourth-order valence-corrected chi connectivity index (χ4v) is 2.33. The number of nitrogens with zero attached hydrogens (tertiary/aromatic N) is 2. The van der Waals surface area contributed by atoms with Crippen LogP contribution < -0.4 is 5.73 Å². The van der Waals surface area contributed by atoms with E-state index in [2.05, 4.69) is 4.90 Å². The molecule has 16 heavy (non-hydrogen) atoms. The molecule has 2 N–H and O–H groups in total. The molecule has 2 rings (SSSR count). The van der Waals surface area contributed by atoms with Gasteiger partial charge in [-0.2, -0.15) is 0 Å². The van der Waals surface area contributed by atoms with Crippen molar-refractivity contribution in [2.24, 2.45) is 5.73 Å². The summed E-state index contributed by atoms with van der Waals surface area (Å²) in [5, 5.41) is 0. The molecule has 2 aliphatic rings. The first-order valence-corrected chi connectivity index (χ1v) is 6.17. The first-order valence-electron chi connectivity index (χ1n) is 6.17. The zero-order valence-electron chi connectivity index (χ0n) is 9.73. The lowest BCUT2D eigenvalue weighted by Crippen LogP contribution is -2.38. The van der Waals surface area contributed by atoms with Crippen LogP contribution in [0.1, 0.15) is 19.3 Å². The Morgan fingerprint density at radius 3 is 2.62 bits per heavy atom. The molecule has 2 heterocycles. The van der Waals surface area contributed by atoms with Crippen molar-refractivity contribution in [3.05, 3.63) is 0 Å². The molecule has 2 aliphatic heterocycles. The van der Waals surface area contributed by atoms with Crippen molar-refractivity contribution in [1.29, 1.82) is 0 Å². The number of amides is 1. The lowest BCUT2D eigenvalue weighted by molar-refractivity contribution is 0.132. The van der Waals surface area contributed by atoms with E-state index in [1.165, 1.54) is 32.4 Å². The van der Waals surface area contributed by atoms with Crippen LogP contribution in [0, 0.1) is 0 Å². The molecule has 0 radical (unpaired) electrons. The first-order chi connectivity index (χ1) is 7.79. The van der Waals surface area contributed by atoms with Gasteiger partial charge in [0.15, 0.2) is 0 Å².